The molecular weight excluding hydrogens is 348 g/mol. The van der Waals surface area contributed by atoms with E-state index in [0.29, 0.717) is 5.92 Å². The molecule has 1 aromatic carbocycles. The predicted molar refractivity (Wildman–Crippen MR) is 102 cm³/mol. The summed E-state index contributed by atoms with van der Waals surface area (Å²) < 4.78 is 3.75. The maximum atomic E-state index is 12.5. The molecule has 3 heterocycles. The Morgan fingerprint density at radius 3 is 2.91 bits per heavy atom. The number of nitrogens with one attached hydrogen (secondary N) is 2. The summed E-state index contributed by atoms with van der Waals surface area (Å²) in [5.74, 6) is 0.566. The minimum atomic E-state index is 0. The fourth-order valence-electron chi connectivity index (χ4n) is 3.08. The maximum Gasteiger partial charge on any atom is 0.261 e. The Morgan fingerprint density at radius 1 is 1.26 bits per heavy atom. The van der Waals surface area contributed by atoms with Crippen LogP contribution in [0.25, 0.3) is 19.5 Å². The molecule has 2 atom stereocenters. The first kappa shape index (κ1) is 16.7. The van der Waals surface area contributed by atoms with Crippen LogP contribution in [0.4, 0.5) is 0 Å². The summed E-state index contributed by atoms with van der Waals surface area (Å²) in [6.45, 7) is 4.16. The predicted octanol–water partition coefficient (Wildman–Crippen LogP) is 4.27. The fraction of sp³-hybridized carbons (Fsp3) is 0.353. The monoisotopic (exact) mass is 366 g/mol. The van der Waals surface area contributed by atoms with Crippen LogP contribution in [-0.4, -0.2) is 25.0 Å². The highest BCUT2D eigenvalue weighted by atomic mass is 35.5. The molecule has 2 aromatic heterocycles. The lowest BCUT2D eigenvalue weighted by molar-refractivity contribution is 0.0918. The molecule has 1 aliphatic heterocycles. The van der Waals surface area contributed by atoms with Crippen LogP contribution in [-0.2, 0) is 0 Å². The van der Waals surface area contributed by atoms with E-state index in [0.717, 1.165) is 24.4 Å². The van der Waals surface area contributed by atoms with Crippen molar-refractivity contribution in [1.29, 1.82) is 0 Å². The third-order valence-corrected chi connectivity index (χ3v) is 6.79. The van der Waals surface area contributed by atoms with Crippen LogP contribution in [0.3, 0.4) is 0 Å². The van der Waals surface area contributed by atoms with Gasteiger partial charge >= 0.3 is 0 Å². The second-order valence-electron chi connectivity index (χ2n) is 5.95. The number of benzene rings is 1. The van der Waals surface area contributed by atoms with E-state index in [4.69, 9.17) is 0 Å². The average Bonchev–Trinajstić information content (AvgIpc) is 3.07. The van der Waals surface area contributed by atoms with Gasteiger partial charge in [-0.15, -0.1) is 35.1 Å². The van der Waals surface area contributed by atoms with Gasteiger partial charge in [-0.1, -0.05) is 25.1 Å². The van der Waals surface area contributed by atoms with Crippen molar-refractivity contribution < 1.29 is 4.79 Å². The van der Waals surface area contributed by atoms with E-state index in [1.54, 1.807) is 22.7 Å². The van der Waals surface area contributed by atoms with Crippen molar-refractivity contribution in [3.05, 3.63) is 35.2 Å². The third-order valence-electron chi connectivity index (χ3n) is 4.38. The normalized spacial score (nSPS) is 21.3. The second-order valence-corrected chi connectivity index (χ2v) is 8.09. The number of carbonyl (C=O) groups is 1. The van der Waals surface area contributed by atoms with Gasteiger partial charge in [0.25, 0.3) is 5.91 Å². The van der Waals surface area contributed by atoms with Crippen LogP contribution in [0, 0.1) is 5.92 Å². The van der Waals surface area contributed by atoms with Gasteiger partial charge in [0.05, 0.1) is 9.58 Å². The minimum absolute atomic E-state index is 0. The Kier molecular flexibility index (Phi) is 4.92. The van der Waals surface area contributed by atoms with Gasteiger partial charge in [0.2, 0.25) is 0 Å². The van der Waals surface area contributed by atoms with Gasteiger partial charge in [0, 0.05) is 20.8 Å². The number of hydrogen-bond donors (Lipinski definition) is 2. The zero-order valence-corrected chi connectivity index (χ0v) is 15.2. The standard InChI is InChI=1S/C17H18N2OS2.ClH/c1-10-9-18-7-6-12(10)19-17(20)15-8-14-16(22-15)11-4-2-3-5-13(11)21-14;/h2-5,8,10,12,18H,6-7,9H2,1H3,(H,19,20);1H. The van der Waals surface area contributed by atoms with E-state index < -0.39 is 0 Å². The highest BCUT2D eigenvalue weighted by Gasteiger charge is 2.24. The molecule has 23 heavy (non-hydrogen) atoms. The summed E-state index contributed by atoms with van der Waals surface area (Å²) in [7, 11) is 0. The lowest BCUT2D eigenvalue weighted by Gasteiger charge is -2.30. The van der Waals surface area contributed by atoms with E-state index in [1.165, 1.54) is 19.5 Å². The molecule has 0 spiro atoms. The largest absolute Gasteiger partial charge is 0.348 e. The highest BCUT2D eigenvalue weighted by Crippen LogP contribution is 2.39. The lowest BCUT2D eigenvalue weighted by Crippen LogP contribution is -2.48. The van der Waals surface area contributed by atoms with E-state index in [2.05, 4.69) is 41.8 Å². The van der Waals surface area contributed by atoms with Crippen molar-refractivity contribution in [2.45, 2.75) is 19.4 Å². The number of fused-ring (bicyclic) bond motifs is 3. The number of thiophene rings is 2. The number of amides is 1. The van der Waals surface area contributed by atoms with Gasteiger partial charge in [-0.05, 0) is 37.6 Å². The second kappa shape index (κ2) is 6.77. The summed E-state index contributed by atoms with van der Waals surface area (Å²) in [6, 6.07) is 10.7. The van der Waals surface area contributed by atoms with Gasteiger partial charge in [-0.3, -0.25) is 4.79 Å². The molecule has 1 aliphatic rings. The first-order valence-corrected chi connectivity index (χ1v) is 9.28. The van der Waals surface area contributed by atoms with Gasteiger partial charge in [0.1, 0.15) is 0 Å². The molecule has 122 valence electrons. The van der Waals surface area contributed by atoms with E-state index in [9.17, 15) is 4.79 Å². The Labute approximate surface area is 149 Å². The van der Waals surface area contributed by atoms with Crippen LogP contribution in [0.1, 0.15) is 23.0 Å². The van der Waals surface area contributed by atoms with Gasteiger partial charge in [-0.25, -0.2) is 0 Å². The van der Waals surface area contributed by atoms with Crippen molar-refractivity contribution in [3.63, 3.8) is 0 Å². The van der Waals surface area contributed by atoms with Crippen LogP contribution >= 0.6 is 35.1 Å². The molecule has 2 unspecified atom stereocenters. The Bertz CT molecular complexity index is 841. The molecule has 2 N–H and O–H groups in total. The summed E-state index contributed by atoms with van der Waals surface area (Å²) in [6.07, 6.45) is 1.01. The third kappa shape index (κ3) is 3.11. The SMILES string of the molecule is CC1CNCCC1NC(=O)c1cc2sc3ccccc3c2s1.Cl. The number of hydrogen-bond acceptors (Lipinski definition) is 4. The van der Waals surface area contributed by atoms with Crippen LogP contribution in [0.2, 0.25) is 0 Å². The molecule has 0 radical (unpaired) electrons. The summed E-state index contributed by atoms with van der Waals surface area (Å²) in [4.78, 5) is 13.4. The molecule has 0 saturated carbocycles. The molecular formula is C17H19ClN2OS2. The number of halogens is 1. The highest BCUT2D eigenvalue weighted by molar-refractivity contribution is 7.33. The van der Waals surface area contributed by atoms with Crippen molar-refractivity contribution in [3.8, 4) is 0 Å². The Hall–Kier alpha value is -1.14. The quantitative estimate of drug-likeness (QED) is 0.711. The first-order chi connectivity index (χ1) is 10.7. The number of piperidine rings is 1. The fourth-order valence-corrected chi connectivity index (χ4v) is 5.51. The molecule has 1 saturated heterocycles. The molecule has 6 heteroatoms. The molecule has 0 aliphatic carbocycles. The van der Waals surface area contributed by atoms with Crippen molar-refractivity contribution in [1.82, 2.24) is 10.6 Å². The Balaban J connectivity index is 0.00000156. The summed E-state index contributed by atoms with van der Waals surface area (Å²) in [5, 5.41) is 7.85. The molecule has 1 amide bonds. The lowest BCUT2D eigenvalue weighted by atomic mass is 9.95. The van der Waals surface area contributed by atoms with Crippen LogP contribution < -0.4 is 10.6 Å². The first-order valence-electron chi connectivity index (χ1n) is 7.65. The summed E-state index contributed by atoms with van der Waals surface area (Å²) >= 11 is 3.38. The number of rotatable bonds is 2. The Morgan fingerprint density at radius 2 is 2.09 bits per heavy atom. The zero-order chi connectivity index (χ0) is 15.1. The number of carbonyl (C=O) groups excluding carboxylic acids is 1. The molecule has 1 fully saturated rings. The molecule has 4 rings (SSSR count). The van der Waals surface area contributed by atoms with E-state index in [-0.39, 0.29) is 24.4 Å². The van der Waals surface area contributed by atoms with Crippen molar-refractivity contribution in [2.75, 3.05) is 13.1 Å². The molecule has 3 nitrogen and oxygen atoms in total. The van der Waals surface area contributed by atoms with Crippen LogP contribution in [0.5, 0.6) is 0 Å². The van der Waals surface area contributed by atoms with Crippen molar-refractivity contribution >= 4 is 60.5 Å². The van der Waals surface area contributed by atoms with Gasteiger partial charge in [-0.2, -0.15) is 0 Å². The smallest absolute Gasteiger partial charge is 0.261 e. The van der Waals surface area contributed by atoms with Gasteiger partial charge < -0.3 is 10.6 Å². The maximum absolute atomic E-state index is 12.5. The molecule has 3 aromatic rings. The summed E-state index contributed by atoms with van der Waals surface area (Å²) in [5.41, 5.74) is 0. The van der Waals surface area contributed by atoms with Crippen LogP contribution in [0.15, 0.2) is 30.3 Å². The molecule has 0 bridgehead atoms. The zero-order valence-electron chi connectivity index (χ0n) is 12.8. The van der Waals surface area contributed by atoms with E-state index >= 15 is 0 Å². The van der Waals surface area contributed by atoms with Gasteiger partial charge in [0.15, 0.2) is 0 Å². The minimum Gasteiger partial charge on any atom is -0.348 e. The van der Waals surface area contributed by atoms with Crippen molar-refractivity contribution in [2.24, 2.45) is 5.92 Å². The topological polar surface area (TPSA) is 41.1 Å². The average molecular weight is 367 g/mol. The van der Waals surface area contributed by atoms with E-state index in [1.807, 2.05) is 6.07 Å².